The Kier molecular flexibility index (Phi) is 5.38. The quantitative estimate of drug-likeness (QED) is 0.867. The summed E-state index contributed by atoms with van der Waals surface area (Å²) in [7, 11) is 3.32. The van der Waals surface area contributed by atoms with Crippen LogP contribution in [0.3, 0.4) is 0 Å². The molecule has 0 saturated heterocycles. The van der Waals surface area contributed by atoms with E-state index >= 15 is 0 Å². The van der Waals surface area contributed by atoms with E-state index in [0.717, 1.165) is 6.42 Å². The minimum Gasteiger partial charge on any atom is -0.373 e. The number of aromatic nitrogens is 2. The smallest absolute Gasteiger partial charge is 0.373 e. The van der Waals surface area contributed by atoms with Gasteiger partial charge in [0.05, 0.1) is 6.42 Å². The zero-order valence-corrected chi connectivity index (χ0v) is 11.4. The number of rotatable bonds is 6. The minimum atomic E-state index is -4.15. The van der Waals surface area contributed by atoms with E-state index in [1.807, 2.05) is 6.92 Å². The lowest BCUT2D eigenvalue weighted by Gasteiger charge is -2.20. The molecular formula is C12H19F3N4. The van der Waals surface area contributed by atoms with Crippen LogP contribution in [0, 0.1) is 0 Å². The molecule has 108 valence electrons. The number of aryl methyl sites for hydroxylation is 1. The second-order valence-corrected chi connectivity index (χ2v) is 4.31. The van der Waals surface area contributed by atoms with Crippen molar-refractivity contribution in [2.45, 2.75) is 32.4 Å². The summed E-state index contributed by atoms with van der Waals surface area (Å²) in [4.78, 5) is 10.0. The molecule has 1 rings (SSSR count). The van der Waals surface area contributed by atoms with Crippen LogP contribution in [0.2, 0.25) is 0 Å². The maximum absolute atomic E-state index is 12.2. The standard InChI is InChI=1S/C12H19F3N4/c1-4-5-9-17-10(16-2)8-11(18-9)19(3)7-6-12(13,14)15/h8H,4-7H2,1-3H3,(H,16,17,18). The molecule has 0 unspecified atom stereocenters. The molecule has 0 aliphatic carbocycles. The molecule has 1 N–H and O–H groups in total. The lowest BCUT2D eigenvalue weighted by atomic mass is 10.3. The van der Waals surface area contributed by atoms with E-state index < -0.39 is 12.6 Å². The van der Waals surface area contributed by atoms with Gasteiger partial charge >= 0.3 is 6.18 Å². The fraction of sp³-hybridized carbons (Fsp3) is 0.667. The first-order chi connectivity index (χ1) is 8.85. The first kappa shape index (κ1) is 15.5. The second-order valence-electron chi connectivity index (χ2n) is 4.31. The molecule has 1 heterocycles. The van der Waals surface area contributed by atoms with Gasteiger partial charge in [-0.15, -0.1) is 0 Å². The van der Waals surface area contributed by atoms with Crippen LogP contribution in [0.15, 0.2) is 6.07 Å². The van der Waals surface area contributed by atoms with Gasteiger partial charge in [-0.3, -0.25) is 0 Å². The molecule has 4 nitrogen and oxygen atoms in total. The Morgan fingerprint density at radius 1 is 1.32 bits per heavy atom. The van der Waals surface area contributed by atoms with Crippen LogP contribution in [0.1, 0.15) is 25.6 Å². The van der Waals surface area contributed by atoms with Crippen molar-refractivity contribution in [3.63, 3.8) is 0 Å². The van der Waals surface area contributed by atoms with Crippen LogP contribution in [-0.4, -0.2) is 36.8 Å². The molecule has 0 radical (unpaired) electrons. The highest BCUT2D eigenvalue weighted by atomic mass is 19.4. The summed E-state index contributed by atoms with van der Waals surface area (Å²) in [6, 6.07) is 1.65. The molecule has 0 spiro atoms. The van der Waals surface area contributed by atoms with E-state index in [9.17, 15) is 13.2 Å². The number of hydrogen-bond acceptors (Lipinski definition) is 4. The van der Waals surface area contributed by atoms with E-state index in [0.29, 0.717) is 23.9 Å². The summed E-state index contributed by atoms with van der Waals surface area (Å²) in [5.41, 5.74) is 0. The Morgan fingerprint density at radius 2 is 2.00 bits per heavy atom. The average molecular weight is 276 g/mol. The van der Waals surface area contributed by atoms with Crippen LogP contribution in [-0.2, 0) is 6.42 Å². The van der Waals surface area contributed by atoms with Crippen molar-refractivity contribution in [1.82, 2.24) is 9.97 Å². The number of nitrogens with zero attached hydrogens (tertiary/aromatic N) is 3. The van der Waals surface area contributed by atoms with Crippen LogP contribution in [0.4, 0.5) is 24.8 Å². The van der Waals surface area contributed by atoms with Crippen molar-refractivity contribution in [3.05, 3.63) is 11.9 Å². The van der Waals surface area contributed by atoms with E-state index in [-0.39, 0.29) is 6.54 Å². The molecule has 19 heavy (non-hydrogen) atoms. The molecule has 0 fully saturated rings. The number of anilines is 2. The Morgan fingerprint density at radius 3 is 2.53 bits per heavy atom. The highest BCUT2D eigenvalue weighted by molar-refractivity contribution is 5.48. The number of halogens is 3. The van der Waals surface area contributed by atoms with E-state index in [1.54, 1.807) is 20.2 Å². The molecule has 7 heteroatoms. The molecule has 0 saturated carbocycles. The van der Waals surface area contributed by atoms with E-state index in [2.05, 4.69) is 15.3 Å². The molecular weight excluding hydrogens is 257 g/mol. The van der Waals surface area contributed by atoms with Crippen molar-refractivity contribution in [3.8, 4) is 0 Å². The first-order valence-corrected chi connectivity index (χ1v) is 6.19. The lowest BCUT2D eigenvalue weighted by molar-refractivity contribution is -0.132. The van der Waals surface area contributed by atoms with Crippen molar-refractivity contribution >= 4 is 11.6 Å². The molecule has 0 atom stereocenters. The number of alkyl halides is 3. The predicted molar refractivity (Wildman–Crippen MR) is 69.5 cm³/mol. The molecule has 0 amide bonds. The van der Waals surface area contributed by atoms with Gasteiger partial charge < -0.3 is 10.2 Å². The van der Waals surface area contributed by atoms with Gasteiger partial charge in [-0.05, 0) is 6.42 Å². The maximum Gasteiger partial charge on any atom is 0.390 e. The summed E-state index contributed by atoms with van der Waals surface area (Å²) in [5.74, 6) is 1.77. The first-order valence-electron chi connectivity index (χ1n) is 6.19. The van der Waals surface area contributed by atoms with Crippen molar-refractivity contribution in [2.75, 3.05) is 30.9 Å². The zero-order chi connectivity index (χ0) is 14.5. The maximum atomic E-state index is 12.2. The molecule has 0 aliphatic heterocycles. The molecule has 1 aromatic heterocycles. The summed E-state index contributed by atoms with van der Waals surface area (Å²) in [6.07, 6.45) is -3.42. The fourth-order valence-corrected chi connectivity index (χ4v) is 1.55. The summed E-state index contributed by atoms with van der Waals surface area (Å²) >= 11 is 0. The Bertz CT molecular complexity index is 406. The molecule has 1 aromatic rings. The third-order valence-electron chi connectivity index (χ3n) is 2.61. The van der Waals surface area contributed by atoms with E-state index in [4.69, 9.17) is 0 Å². The van der Waals surface area contributed by atoms with Gasteiger partial charge in [0.1, 0.15) is 17.5 Å². The van der Waals surface area contributed by atoms with Gasteiger partial charge in [0.25, 0.3) is 0 Å². The Labute approximate surface area is 111 Å². The zero-order valence-electron chi connectivity index (χ0n) is 11.4. The summed E-state index contributed by atoms with van der Waals surface area (Å²) < 4.78 is 36.6. The Hall–Kier alpha value is -1.53. The highest BCUT2D eigenvalue weighted by Gasteiger charge is 2.27. The van der Waals surface area contributed by atoms with E-state index in [1.165, 1.54) is 4.90 Å². The van der Waals surface area contributed by atoms with Crippen LogP contribution in [0.25, 0.3) is 0 Å². The molecule has 0 aromatic carbocycles. The van der Waals surface area contributed by atoms with Gasteiger partial charge in [-0.2, -0.15) is 13.2 Å². The minimum absolute atomic E-state index is 0.116. The van der Waals surface area contributed by atoms with Crippen LogP contribution in [0.5, 0.6) is 0 Å². The average Bonchev–Trinajstić information content (AvgIpc) is 2.35. The number of hydrogen-bond donors (Lipinski definition) is 1. The third kappa shape index (κ3) is 5.32. The SMILES string of the molecule is CCCc1nc(NC)cc(N(C)CCC(F)(F)F)n1. The highest BCUT2D eigenvalue weighted by Crippen LogP contribution is 2.22. The monoisotopic (exact) mass is 276 g/mol. The van der Waals surface area contributed by atoms with Crippen molar-refractivity contribution in [2.24, 2.45) is 0 Å². The van der Waals surface area contributed by atoms with Crippen LogP contribution >= 0.6 is 0 Å². The normalized spacial score (nSPS) is 11.5. The summed E-state index contributed by atoms with van der Waals surface area (Å²) in [5, 5.41) is 2.89. The van der Waals surface area contributed by atoms with Gasteiger partial charge in [0, 0.05) is 33.1 Å². The van der Waals surface area contributed by atoms with Gasteiger partial charge in [0.2, 0.25) is 0 Å². The van der Waals surface area contributed by atoms with Crippen LogP contribution < -0.4 is 10.2 Å². The topological polar surface area (TPSA) is 41.1 Å². The van der Waals surface area contributed by atoms with Crippen molar-refractivity contribution in [1.29, 1.82) is 0 Å². The number of nitrogens with one attached hydrogen (secondary N) is 1. The van der Waals surface area contributed by atoms with Gasteiger partial charge in [0.15, 0.2) is 0 Å². The molecule has 0 bridgehead atoms. The van der Waals surface area contributed by atoms with Crippen molar-refractivity contribution < 1.29 is 13.2 Å². The predicted octanol–water partition coefficient (Wildman–Crippen LogP) is 2.86. The largest absolute Gasteiger partial charge is 0.390 e. The Balaban J connectivity index is 2.82. The fourth-order valence-electron chi connectivity index (χ4n) is 1.55. The van der Waals surface area contributed by atoms with Gasteiger partial charge in [-0.1, -0.05) is 6.92 Å². The van der Waals surface area contributed by atoms with Gasteiger partial charge in [-0.25, -0.2) is 9.97 Å². The third-order valence-corrected chi connectivity index (χ3v) is 2.61. The lowest BCUT2D eigenvalue weighted by Crippen LogP contribution is -2.25. The molecule has 0 aliphatic rings. The second kappa shape index (κ2) is 6.58. The summed E-state index contributed by atoms with van der Waals surface area (Å²) in [6.45, 7) is 1.89.